The van der Waals surface area contributed by atoms with Crippen LogP contribution in [0.3, 0.4) is 0 Å². The van der Waals surface area contributed by atoms with E-state index in [0.717, 1.165) is 19.6 Å². The van der Waals surface area contributed by atoms with Crippen LogP contribution in [0.15, 0.2) is 24.3 Å². The number of nitrogens with zero attached hydrogens (tertiary/aromatic N) is 2. The minimum absolute atomic E-state index is 0.160. The molecule has 1 aliphatic carbocycles. The Morgan fingerprint density at radius 2 is 1.80 bits per heavy atom. The van der Waals surface area contributed by atoms with Crippen molar-refractivity contribution in [2.45, 2.75) is 44.3 Å². The molecule has 3 nitrogen and oxygen atoms in total. The van der Waals surface area contributed by atoms with Gasteiger partial charge in [-0.25, -0.2) is 0 Å². The van der Waals surface area contributed by atoms with Crippen molar-refractivity contribution in [2.75, 3.05) is 26.7 Å². The van der Waals surface area contributed by atoms with Gasteiger partial charge >= 0.3 is 0 Å². The van der Waals surface area contributed by atoms with Crippen molar-refractivity contribution in [3.8, 4) is 0 Å². The van der Waals surface area contributed by atoms with Gasteiger partial charge in [0.1, 0.15) is 0 Å². The topological polar surface area (TPSA) is 32.5 Å². The molecule has 0 spiro atoms. The predicted octanol–water partition coefficient (Wildman–Crippen LogP) is 2.20. The van der Waals surface area contributed by atoms with Crippen LogP contribution in [0.1, 0.15) is 43.4 Å². The fourth-order valence-electron chi connectivity index (χ4n) is 4.09. The predicted molar refractivity (Wildman–Crippen MR) is 83.9 cm³/mol. The molecule has 4 unspecified atom stereocenters. The SMILES string of the molecule is CC1CC(N2CCN(C)CC2C)C(N)c2ccccc21. The van der Waals surface area contributed by atoms with Gasteiger partial charge in [-0.15, -0.1) is 0 Å². The standard InChI is InChI=1S/C17H27N3/c1-12-10-16(20-9-8-19(3)11-13(20)2)17(18)15-7-5-4-6-14(12)15/h4-7,12-13,16-17H,8-11,18H2,1-3H3. The maximum atomic E-state index is 6.63. The number of benzene rings is 1. The lowest BCUT2D eigenvalue weighted by Crippen LogP contribution is -2.57. The lowest BCUT2D eigenvalue weighted by molar-refractivity contribution is 0.0407. The molecule has 20 heavy (non-hydrogen) atoms. The molecule has 0 saturated carbocycles. The van der Waals surface area contributed by atoms with E-state index < -0.39 is 0 Å². The molecule has 0 amide bonds. The van der Waals surface area contributed by atoms with Gasteiger partial charge in [0.25, 0.3) is 0 Å². The molecule has 3 heteroatoms. The van der Waals surface area contributed by atoms with E-state index in [1.54, 1.807) is 0 Å². The van der Waals surface area contributed by atoms with E-state index in [1.165, 1.54) is 17.5 Å². The van der Waals surface area contributed by atoms with Crippen LogP contribution in [-0.4, -0.2) is 48.6 Å². The maximum absolute atomic E-state index is 6.63. The Balaban J connectivity index is 1.86. The first-order valence-corrected chi connectivity index (χ1v) is 7.86. The Labute approximate surface area is 122 Å². The summed E-state index contributed by atoms with van der Waals surface area (Å²) in [5, 5.41) is 0. The van der Waals surface area contributed by atoms with Crippen LogP contribution in [0.25, 0.3) is 0 Å². The Morgan fingerprint density at radius 3 is 2.50 bits per heavy atom. The highest BCUT2D eigenvalue weighted by atomic mass is 15.3. The summed E-state index contributed by atoms with van der Waals surface area (Å²) in [7, 11) is 2.21. The van der Waals surface area contributed by atoms with E-state index in [9.17, 15) is 0 Å². The summed E-state index contributed by atoms with van der Waals surface area (Å²) >= 11 is 0. The van der Waals surface area contributed by atoms with E-state index in [0.29, 0.717) is 18.0 Å². The number of rotatable bonds is 1. The molecule has 1 fully saturated rings. The normalized spacial score (nSPS) is 35.8. The van der Waals surface area contributed by atoms with Crippen molar-refractivity contribution in [1.29, 1.82) is 0 Å². The Hall–Kier alpha value is -0.900. The van der Waals surface area contributed by atoms with Crippen molar-refractivity contribution in [1.82, 2.24) is 9.80 Å². The van der Waals surface area contributed by atoms with Gasteiger partial charge in [-0.3, -0.25) is 4.90 Å². The molecule has 110 valence electrons. The van der Waals surface area contributed by atoms with Crippen LogP contribution in [-0.2, 0) is 0 Å². The van der Waals surface area contributed by atoms with Gasteiger partial charge in [0.2, 0.25) is 0 Å². The number of hydrogen-bond donors (Lipinski definition) is 1. The van der Waals surface area contributed by atoms with Crippen molar-refractivity contribution in [3.05, 3.63) is 35.4 Å². The second-order valence-electron chi connectivity index (χ2n) is 6.71. The molecule has 1 heterocycles. The largest absolute Gasteiger partial charge is 0.323 e. The van der Waals surface area contributed by atoms with Gasteiger partial charge in [0.05, 0.1) is 0 Å². The molecule has 0 bridgehead atoms. The first kappa shape index (κ1) is 14.1. The summed E-state index contributed by atoms with van der Waals surface area (Å²) in [5.74, 6) is 0.614. The minimum Gasteiger partial charge on any atom is -0.323 e. The molecular weight excluding hydrogens is 246 g/mol. The Morgan fingerprint density at radius 1 is 1.10 bits per heavy atom. The molecule has 1 aromatic carbocycles. The van der Waals surface area contributed by atoms with E-state index >= 15 is 0 Å². The van der Waals surface area contributed by atoms with Gasteiger partial charge in [-0.2, -0.15) is 0 Å². The molecule has 4 atom stereocenters. The minimum atomic E-state index is 0.160. The number of piperazine rings is 1. The van der Waals surface area contributed by atoms with E-state index in [1.807, 2.05) is 0 Å². The fourth-order valence-corrected chi connectivity index (χ4v) is 4.09. The highest BCUT2D eigenvalue weighted by molar-refractivity contribution is 5.36. The van der Waals surface area contributed by atoms with Crippen molar-refractivity contribution in [3.63, 3.8) is 0 Å². The smallest absolute Gasteiger partial charge is 0.0456 e. The average Bonchev–Trinajstić information content (AvgIpc) is 2.43. The highest BCUT2D eigenvalue weighted by Gasteiger charge is 2.37. The fraction of sp³-hybridized carbons (Fsp3) is 0.647. The van der Waals surface area contributed by atoms with Gasteiger partial charge in [0.15, 0.2) is 0 Å². The van der Waals surface area contributed by atoms with Crippen LogP contribution in [0.4, 0.5) is 0 Å². The molecule has 2 N–H and O–H groups in total. The first-order chi connectivity index (χ1) is 9.58. The third-order valence-electron chi connectivity index (χ3n) is 5.20. The monoisotopic (exact) mass is 273 g/mol. The first-order valence-electron chi connectivity index (χ1n) is 7.86. The number of fused-ring (bicyclic) bond motifs is 1. The van der Waals surface area contributed by atoms with Crippen molar-refractivity contribution in [2.24, 2.45) is 5.73 Å². The van der Waals surface area contributed by atoms with Crippen LogP contribution in [0.2, 0.25) is 0 Å². The summed E-state index contributed by atoms with van der Waals surface area (Å²) in [6.07, 6.45) is 1.19. The molecule has 1 saturated heterocycles. The number of nitrogens with two attached hydrogens (primary N) is 1. The van der Waals surface area contributed by atoms with Crippen LogP contribution in [0.5, 0.6) is 0 Å². The second-order valence-corrected chi connectivity index (χ2v) is 6.71. The number of hydrogen-bond acceptors (Lipinski definition) is 3. The Kier molecular flexibility index (Phi) is 3.85. The van der Waals surface area contributed by atoms with Crippen LogP contribution in [0, 0.1) is 0 Å². The number of likely N-dealkylation sites (N-methyl/N-ethyl adjacent to an activating group) is 1. The van der Waals surface area contributed by atoms with Gasteiger partial charge in [-0.05, 0) is 37.4 Å². The van der Waals surface area contributed by atoms with Gasteiger partial charge in [0, 0.05) is 37.8 Å². The summed E-state index contributed by atoms with van der Waals surface area (Å²) in [5.41, 5.74) is 9.45. The zero-order valence-corrected chi connectivity index (χ0v) is 12.9. The summed E-state index contributed by atoms with van der Waals surface area (Å²) in [4.78, 5) is 5.07. The van der Waals surface area contributed by atoms with Crippen molar-refractivity contribution >= 4 is 0 Å². The molecule has 1 aromatic rings. The third kappa shape index (κ3) is 2.39. The molecule has 3 rings (SSSR count). The molecular formula is C17H27N3. The highest BCUT2D eigenvalue weighted by Crippen LogP contribution is 2.39. The maximum Gasteiger partial charge on any atom is 0.0456 e. The molecule has 0 aromatic heterocycles. The van der Waals surface area contributed by atoms with E-state index in [2.05, 4.69) is 55.0 Å². The van der Waals surface area contributed by atoms with Gasteiger partial charge in [-0.1, -0.05) is 31.2 Å². The summed E-state index contributed by atoms with van der Waals surface area (Å²) < 4.78 is 0. The second kappa shape index (κ2) is 5.47. The third-order valence-corrected chi connectivity index (χ3v) is 5.20. The Bertz CT molecular complexity index is 473. The zero-order chi connectivity index (χ0) is 14.3. The van der Waals surface area contributed by atoms with Crippen LogP contribution < -0.4 is 5.73 Å². The lowest BCUT2D eigenvalue weighted by Gasteiger charge is -2.48. The zero-order valence-electron chi connectivity index (χ0n) is 12.9. The average molecular weight is 273 g/mol. The van der Waals surface area contributed by atoms with E-state index in [-0.39, 0.29) is 6.04 Å². The lowest BCUT2D eigenvalue weighted by atomic mass is 9.77. The van der Waals surface area contributed by atoms with Crippen LogP contribution >= 0.6 is 0 Å². The van der Waals surface area contributed by atoms with Gasteiger partial charge < -0.3 is 10.6 Å². The summed E-state index contributed by atoms with van der Waals surface area (Å²) in [6.45, 7) is 8.14. The van der Waals surface area contributed by atoms with E-state index in [4.69, 9.17) is 5.73 Å². The molecule has 1 aliphatic heterocycles. The molecule has 0 radical (unpaired) electrons. The quantitative estimate of drug-likeness (QED) is 0.851. The molecule has 2 aliphatic rings. The summed E-state index contributed by atoms with van der Waals surface area (Å²) in [6, 6.07) is 9.99. The van der Waals surface area contributed by atoms with Crippen molar-refractivity contribution < 1.29 is 0 Å².